The van der Waals surface area contributed by atoms with Crippen molar-refractivity contribution in [2.75, 3.05) is 13.1 Å². The van der Waals surface area contributed by atoms with Gasteiger partial charge in [0.1, 0.15) is 0 Å². The highest BCUT2D eigenvalue weighted by Crippen LogP contribution is 2.21. The summed E-state index contributed by atoms with van der Waals surface area (Å²) in [4.78, 5) is 11.0. The minimum Gasteiger partial charge on any atom is -0.281 e. The largest absolute Gasteiger partial charge is 0.281 e. The number of carbonyl (C=O) groups is 1. The van der Waals surface area contributed by atoms with Crippen LogP contribution in [0.1, 0.15) is 24.8 Å². The Labute approximate surface area is 118 Å². The molecule has 2 rings (SSSR count). The van der Waals surface area contributed by atoms with Gasteiger partial charge in [-0.25, -0.2) is 8.42 Å². The Morgan fingerprint density at radius 3 is 2.26 bits per heavy atom. The zero-order valence-electron chi connectivity index (χ0n) is 10.5. The molecule has 19 heavy (non-hydrogen) atoms. The molecule has 0 N–H and O–H groups in total. The predicted octanol–water partition coefficient (Wildman–Crippen LogP) is 2.17. The molecule has 1 saturated heterocycles. The van der Waals surface area contributed by atoms with Gasteiger partial charge >= 0.3 is 0 Å². The van der Waals surface area contributed by atoms with E-state index in [1.165, 1.54) is 4.31 Å². The van der Waals surface area contributed by atoms with Crippen LogP contribution in [0.2, 0.25) is 0 Å². The van der Waals surface area contributed by atoms with E-state index in [1.54, 1.807) is 24.3 Å². The number of sulfonamides is 1. The third-order valence-corrected chi connectivity index (χ3v) is 5.34. The highest BCUT2D eigenvalue weighted by Gasteiger charge is 2.26. The lowest BCUT2D eigenvalue weighted by molar-refractivity contribution is -0.111. The second kappa shape index (κ2) is 6.03. The van der Waals surface area contributed by atoms with E-state index in [0.29, 0.717) is 24.4 Å². The van der Waals surface area contributed by atoms with Gasteiger partial charge in [-0.15, -0.1) is 0 Å². The molecule has 0 aromatic heterocycles. The van der Waals surface area contributed by atoms with Crippen molar-refractivity contribution in [1.29, 1.82) is 0 Å². The zero-order chi connectivity index (χ0) is 13.9. The molecule has 4 nitrogen and oxygen atoms in total. The fourth-order valence-electron chi connectivity index (χ4n) is 2.15. The van der Waals surface area contributed by atoms with Crippen LogP contribution in [0, 0.1) is 0 Å². The van der Waals surface area contributed by atoms with Crippen LogP contribution in [0.5, 0.6) is 0 Å². The second-order valence-electron chi connectivity index (χ2n) is 4.61. The van der Waals surface area contributed by atoms with Gasteiger partial charge in [0.15, 0.2) is 0 Å². The van der Waals surface area contributed by atoms with Crippen molar-refractivity contribution >= 4 is 26.9 Å². The average molecular weight is 302 g/mol. The van der Waals surface area contributed by atoms with Gasteiger partial charge in [-0.1, -0.05) is 12.1 Å². The summed E-state index contributed by atoms with van der Waals surface area (Å²) >= 11 is 5.28. The van der Waals surface area contributed by atoms with Gasteiger partial charge in [-0.2, -0.15) is 4.31 Å². The topological polar surface area (TPSA) is 54.5 Å². The highest BCUT2D eigenvalue weighted by molar-refractivity contribution is 7.89. The van der Waals surface area contributed by atoms with Gasteiger partial charge in [-0.05, 0) is 48.6 Å². The van der Waals surface area contributed by atoms with E-state index in [1.807, 2.05) is 0 Å². The summed E-state index contributed by atoms with van der Waals surface area (Å²) in [5, 5.41) is -0.381. The first-order chi connectivity index (χ1) is 9.00. The highest BCUT2D eigenvalue weighted by atomic mass is 35.5. The van der Waals surface area contributed by atoms with Gasteiger partial charge in [0.2, 0.25) is 15.3 Å². The molecule has 0 radical (unpaired) electrons. The molecule has 1 fully saturated rings. The SMILES string of the molecule is O=C(Cl)CCc1ccc(S(=O)(=O)N2CCCC2)cc1. The van der Waals surface area contributed by atoms with Crippen molar-refractivity contribution in [1.82, 2.24) is 4.31 Å². The summed E-state index contributed by atoms with van der Waals surface area (Å²) < 4.78 is 26.0. The molecule has 0 saturated carbocycles. The van der Waals surface area contributed by atoms with Crippen LogP contribution in [0.15, 0.2) is 29.2 Å². The van der Waals surface area contributed by atoms with Crippen LogP contribution in [0.4, 0.5) is 0 Å². The maximum atomic E-state index is 12.3. The van der Waals surface area contributed by atoms with Gasteiger partial charge in [0.25, 0.3) is 0 Å². The maximum absolute atomic E-state index is 12.3. The fraction of sp³-hybridized carbons (Fsp3) is 0.462. The number of nitrogens with zero attached hydrogens (tertiary/aromatic N) is 1. The summed E-state index contributed by atoms with van der Waals surface area (Å²) in [5.74, 6) is 0. The number of aryl methyl sites for hydroxylation is 1. The predicted molar refractivity (Wildman–Crippen MR) is 73.6 cm³/mol. The quantitative estimate of drug-likeness (QED) is 0.783. The first-order valence-corrected chi connectivity index (χ1v) is 8.09. The molecule has 0 aliphatic carbocycles. The van der Waals surface area contributed by atoms with Crippen molar-refractivity contribution in [2.24, 2.45) is 0 Å². The smallest absolute Gasteiger partial charge is 0.243 e. The molecule has 0 bridgehead atoms. The van der Waals surface area contributed by atoms with Crippen LogP contribution in [0.3, 0.4) is 0 Å². The third-order valence-electron chi connectivity index (χ3n) is 3.24. The number of hydrogen-bond donors (Lipinski definition) is 0. The summed E-state index contributed by atoms with van der Waals surface area (Å²) in [7, 11) is -3.35. The molecule has 0 atom stereocenters. The molecule has 0 amide bonds. The molecular formula is C13H16ClNO3S. The third kappa shape index (κ3) is 3.55. The number of rotatable bonds is 5. The molecule has 104 valence electrons. The molecule has 1 aromatic carbocycles. The lowest BCUT2D eigenvalue weighted by Gasteiger charge is -2.15. The molecule has 0 unspecified atom stereocenters. The van der Waals surface area contributed by atoms with E-state index in [9.17, 15) is 13.2 Å². The minimum atomic E-state index is -3.35. The maximum Gasteiger partial charge on any atom is 0.243 e. The van der Waals surface area contributed by atoms with Gasteiger partial charge in [-0.3, -0.25) is 4.79 Å². The van der Waals surface area contributed by atoms with Crippen molar-refractivity contribution < 1.29 is 13.2 Å². The van der Waals surface area contributed by atoms with Crippen molar-refractivity contribution in [3.05, 3.63) is 29.8 Å². The molecule has 1 aliphatic rings. The van der Waals surface area contributed by atoms with Crippen molar-refractivity contribution in [2.45, 2.75) is 30.6 Å². The second-order valence-corrected chi connectivity index (χ2v) is 6.97. The Morgan fingerprint density at radius 1 is 1.16 bits per heavy atom. The van der Waals surface area contributed by atoms with E-state index < -0.39 is 10.0 Å². The van der Waals surface area contributed by atoms with E-state index in [2.05, 4.69) is 0 Å². The monoisotopic (exact) mass is 301 g/mol. The fourth-order valence-corrected chi connectivity index (χ4v) is 3.76. The number of hydrogen-bond acceptors (Lipinski definition) is 3. The van der Waals surface area contributed by atoms with Crippen molar-refractivity contribution in [3.8, 4) is 0 Å². The Morgan fingerprint density at radius 2 is 1.74 bits per heavy atom. The van der Waals surface area contributed by atoms with Crippen LogP contribution in [-0.2, 0) is 21.2 Å². The molecule has 0 spiro atoms. The number of carbonyl (C=O) groups excluding carboxylic acids is 1. The minimum absolute atomic E-state index is 0.264. The Hall–Kier alpha value is -0.910. The molecule has 1 aromatic rings. The van der Waals surface area contributed by atoms with Crippen LogP contribution in [0.25, 0.3) is 0 Å². The van der Waals surface area contributed by atoms with Crippen LogP contribution in [-0.4, -0.2) is 31.1 Å². The van der Waals surface area contributed by atoms with E-state index in [4.69, 9.17) is 11.6 Å². The van der Waals surface area contributed by atoms with Crippen molar-refractivity contribution in [3.63, 3.8) is 0 Å². The molecule has 1 aliphatic heterocycles. The normalized spacial score (nSPS) is 16.7. The summed E-state index contributed by atoms with van der Waals surface area (Å²) in [6.07, 6.45) is 2.65. The Kier molecular flexibility index (Phi) is 4.60. The molecule has 1 heterocycles. The first kappa shape index (κ1) is 14.5. The lowest BCUT2D eigenvalue weighted by Crippen LogP contribution is -2.27. The Bertz CT molecular complexity index is 548. The lowest BCUT2D eigenvalue weighted by atomic mass is 10.1. The zero-order valence-corrected chi connectivity index (χ0v) is 12.1. The van der Waals surface area contributed by atoms with Crippen LogP contribution >= 0.6 is 11.6 Å². The van der Waals surface area contributed by atoms with E-state index in [-0.39, 0.29) is 11.7 Å². The number of benzene rings is 1. The van der Waals surface area contributed by atoms with Gasteiger partial charge in [0, 0.05) is 19.5 Å². The van der Waals surface area contributed by atoms with Gasteiger partial charge in [0.05, 0.1) is 4.90 Å². The molecular weight excluding hydrogens is 286 g/mol. The average Bonchev–Trinajstić information content (AvgIpc) is 2.91. The summed E-state index contributed by atoms with van der Waals surface area (Å²) in [6.45, 7) is 1.20. The van der Waals surface area contributed by atoms with E-state index in [0.717, 1.165) is 18.4 Å². The first-order valence-electron chi connectivity index (χ1n) is 6.27. The number of halogens is 1. The van der Waals surface area contributed by atoms with Crippen LogP contribution < -0.4 is 0 Å². The molecule has 6 heteroatoms. The van der Waals surface area contributed by atoms with E-state index >= 15 is 0 Å². The standard InChI is InChI=1S/C13H16ClNO3S/c14-13(16)8-5-11-3-6-12(7-4-11)19(17,18)15-9-1-2-10-15/h3-4,6-7H,1-2,5,8-10H2. The van der Waals surface area contributed by atoms with Gasteiger partial charge < -0.3 is 0 Å². The summed E-state index contributed by atoms with van der Waals surface area (Å²) in [6, 6.07) is 6.68. The summed E-state index contributed by atoms with van der Waals surface area (Å²) in [5.41, 5.74) is 0.911. The Balaban J connectivity index is 2.11.